The first kappa shape index (κ1) is 12.1. The molecule has 0 aromatic heterocycles. The summed E-state index contributed by atoms with van der Waals surface area (Å²) in [5, 5.41) is 0. The lowest BCUT2D eigenvalue weighted by Crippen LogP contribution is -2.20. The maximum Gasteiger partial charge on any atom is 0.123 e. The van der Waals surface area contributed by atoms with Crippen LogP contribution < -0.4 is 5.73 Å². The van der Waals surface area contributed by atoms with Crippen molar-refractivity contribution >= 4 is 0 Å². The highest BCUT2D eigenvalue weighted by Crippen LogP contribution is 2.22. The van der Waals surface area contributed by atoms with Gasteiger partial charge in [-0.2, -0.15) is 0 Å². The molecule has 0 aliphatic rings. The Morgan fingerprint density at radius 1 is 1.47 bits per heavy atom. The third-order valence-electron chi connectivity index (χ3n) is 2.62. The van der Waals surface area contributed by atoms with E-state index >= 15 is 0 Å². The molecule has 0 aliphatic heterocycles. The first-order chi connectivity index (χ1) is 7.15. The number of nitrogens with two attached hydrogens (primary N) is 1. The van der Waals surface area contributed by atoms with Crippen molar-refractivity contribution in [3.05, 3.63) is 35.6 Å². The van der Waals surface area contributed by atoms with E-state index in [1.807, 2.05) is 6.07 Å². The van der Waals surface area contributed by atoms with Gasteiger partial charge in [-0.25, -0.2) is 4.39 Å². The minimum Gasteiger partial charge on any atom is -0.385 e. The van der Waals surface area contributed by atoms with E-state index in [9.17, 15) is 4.39 Å². The summed E-state index contributed by atoms with van der Waals surface area (Å²) < 4.78 is 18.0. The van der Waals surface area contributed by atoms with E-state index in [1.165, 1.54) is 12.1 Å². The van der Waals surface area contributed by atoms with Crippen LogP contribution in [0.3, 0.4) is 0 Å². The van der Waals surface area contributed by atoms with Crippen molar-refractivity contribution in [1.82, 2.24) is 0 Å². The molecule has 84 valence electrons. The third-order valence-corrected chi connectivity index (χ3v) is 2.62. The SMILES string of the molecule is COCCC(C)C(N)c1cccc(F)c1. The zero-order valence-electron chi connectivity index (χ0n) is 9.24. The molecule has 0 heterocycles. The van der Waals surface area contributed by atoms with Crippen LogP contribution in [0, 0.1) is 11.7 Å². The molecular formula is C12H18FNO. The molecule has 2 nitrogen and oxygen atoms in total. The molecule has 0 fully saturated rings. The van der Waals surface area contributed by atoms with E-state index in [0.29, 0.717) is 6.61 Å². The lowest BCUT2D eigenvalue weighted by atomic mass is 9.93. The summed E-state index contributed by atoms with van der Waals surface area (Å²) in [6.07, 6.45) is 0.883. The molecule has 0 amide bonds. The number of ether oxygens (including phenoxy) is 1. The fourth-order valence-electron chi connectivity index (χ4n) is 1.53. The lowest BCUT2D eigenvalue weighted by molar-refractivity contribution is 0.174. The summed E-state index contributed by atoms with van der Waals surface area (Å²) in [5.74, 6) is 0.0497. The van der Waals surface area contributed by atoms with Crippen molar-refractivity contribution in [3.63, 3.8) is 0 Å². The van der Waals surface area contributed by atoms with Crippen LogP contribution in [0.2, 0.25) is 0 Å². The minimum atomic E-state index is -0.234. The minimum absolute atomic E-state index is 0.129. The van der Waals surface area contributed by atoms with E-state index in [-0.39, 0.29) is 17.8 Å². The van der Waals surface area contributed by atoms with Gasteiger partial charge in [0.1, 0.15) is 5.82 Å². The number of benzene rings is 1. The maximum absolute atomic E-state index is 13.0. The number of halogens is 1. The average Bonchev–Trinajstić information content (AvgIpc) is 2.24. The molecule has 1 aromatic carbocycles. The van der Waals surface area contributed by atoms with Crippen LogP contribution in [-0.4, -0.2) is 13.7 Å². The summed E-state index contributed by atoms with van der Waals surface area (Å²) in [4.78, 5) is 0. The van der Waals surface area contributed by atoms with E-state index < -0.39 is 0 Å². The third kappa shape index (κ3) is 3.61. The van der Waals surface area contributed by atoms with Crippen LogP contribution in [0.25, 0.3) is 0 Å². The van der Waals surface area contributed by atoms with Gasteiger partial charge in [0.05, 0.1) is 0 Å². The molecule has 0 bridgehead atoms. The lowest BCUT2D eigenvalue weighted by Gasteiger charge is -2.19. The van der Waals surface area contributed by atoms with Crippen molar-refractivity contribution in [2.24, 2.45) is 11.7 Å². The van der Waals surface area contributed by atoms with Crippen LogP contribution in [0.4, 0.5) is 4.39 Å². The number of hydrogen-bond acceptors (Lipinski definition) is 2. The van der Waals surface area contributed by atoms with Gasteiger partial charge in [-0.1, -0.05) is 19.1 Å². The molecule has 0 saturated heterocycles. The molecule has 2 atom stereocenters. The summed E-state index contributed by atoms with van der Waals surface area (Å²) >= 11 is 0. The maximum atomic E-state index is 13.0. The molecule has 2 N–H and O–H groups in total. The Morgan fingerprint density at radius 2 is 2.20 bits per heavy atom. The van der Waals surface area contributed by atoms with Crippen LogP contribution in [0.15, 0.2) is 24.3 Å². The molecule has 1 rings (SSSR count). The number of hydrogen-bond donors (Lipinski definition) is 1. The first-order valence-corrected chi connectivity index (χ1v) is 5.15. The highest BCUT2D eigenvalue weighted by Gasteiger charge is 2.14. The normalized spacial score (nSPS) is 14.9. The summed E-state index contributed by atoms with van der Waals surface area (Å²) in [6.45, 7) is 2.73. The van der Waals surface area contributed by atoms with Gasteiger partial charge in [0.15, 0.2) is 0 Å². The first-order valence-electron chi connectivity index (χ1n) is 5.15. The molecule has 2 unspecified atom stereocenters. The van der Waals surface area contributed by atoms with Gasteiger partial charge in [-0.05, 0) is 30.0 Å². The van der Waals surface area contributed by atoms with Crippen LogP contribution in [0.5, 0.6) is 0 Å². The van der Waals surface area contributed by atoms with Gasteiger partial charge in [0, 0.05) is 19.8 Å². The molecule has 0 radical (unpaired) electrons. The van der Waals surface area contributed by atoms with Crippen LogP contribution in [0.1, 0.15) is 24.9 Å². The van der Waals surface area contributed by atoms with E-state index in [1.54, 1.807) is 13.2 Å². The average molecular weight is 211 g/mol. The smallest absolute Gasteiger partial charge is 0.123 e. The number of methoxy groups -OCH3 is 1. The predicted molar refractivity (Wildman–Crippen MR) is 59.0 cm³/mol. The highest BCUT2D eigenvalue weighted by atomic mass is 19.1. The zero-order valence-corrected chi connectivity index (χ0v) is 9.24. The Balaban J connectivity index is 2.62. The van der Waals surface area contributed by atoms with E-state index in [0.717, 1.165) is 12.0 Å². The quantitative estimate of drug-likeness (QED) is 0.812. The largest absolute Gasteiger partial charge is 0.385 e. The van der Waals surface area contributed by atoms with Crippen molar-refractivity contribution in [1.29, 1.82) is 0 Å². The Hall–Kier alpha value is -0.930. The van der Waals surface area contributed by atoms with Crippen molar-refractivity contribution < 1.29 is 9.13 Å². The van der Waals surface area contributed by atoms with Gasteiger partial charge in [-0.3, -0.25) is 0 Å². The second kappa shape index (κ2) is 5.83. The number of rotatable bonds is 5. The van der Waals surface area contributed by atoms with Gasteiger partial charge in [0.25, 0.3) is 0 Å². The Bertz CT molecular complexity index is 303. The van der Waals surface area contributed by atoms with Gasteiger partial charge < -0.3 is 10.5 Å². The summed E-state index contributed by atoms with van der Waals surface area (Å²) in [5.41, 5.74) is 6.87. The molecular weight excluding hydrogens is 193 g/mol. The standard InChI is InChI=1S/C12H18FNO/c1-9(6-7-15-2)12(14)10-4-3-5-11(13)8-10/h3-5,8-9,12H,6-7,14H2,1-2H3. The van der Waals surface area contributed by atoms with Crippen molar-refractivity contribution in [2.75, 3.05) is 13.7 Å². The molecule has 1 aromatic rings. The summed E-state index contributed by atoms with van der Waals surface area (Å²) in [6, 6.07) is 6.34. The van der Waals surface area contributed by atoms with Crippen molar-refractivity contribution in [2.45, 2.75) is 19.4 Å². The van der Waals surface area contributed by atoms with Gasteiger partial charge in [-0.15, -0.1) is 0 Å². The molecule has 0 aliphatic carbocycles. The summed E-state index contributed by atoms with van der Waals surface area (Å²) in [7, 11) is 1.67. The van der Waals surface area contributed by atoms with Crippen molar-refractivity contribution in [3.8, 4) is 0 Å². The Morgan fingerprint density at radius 3 is 2.80 bits per heavy atom. The molecule has 0 spiro atoms. The monoisotopic (exact) mass is 211 g/mol. The second-order valence-corrected chi connectivity index (χ2v) is 3.84. The second-order valence-electron chi connectivity index (χ2n) is 3.84. The zero-order chi connectivity index (χ0) is 11.3. The molecule has 15 heavy (non-hydrogen) atoms. The highest BCUT2D eigenvalue weighted by molar-refractivity contribution is 5.20. The molecule has 0 saturated carbocycles. The topological polar surface area (TPSA) is 35.2 Å². The van der Waals surface area contributed by atoms with E-state index in [2.05, 4.69) is 6.92 Å². The fourth-order valence-corrected chi connectivity index (χ4v) is 1.53. The fraction of sp³-hybridized carbons (Fsp3) is 0.500. The predicted octanol–water partition coefficient (Wildman–Crippen LogP) is 2.50. The Labute approximate surface area is 90.2 Å². The van der Waals surface area contributed by atoms with Gasteiger partial charge >= 0.3 is 0 Å². The van der Waals surface area contributed by atoms with E-state index in [4.69, 9.17) is 10.5 Å². The van der Waals surface area contributed by atoms with Gasteiger partial charge in [0.2, 0.25) is 0 Å². The van der Waals surface area contributed by atoms with Crippen LogP contribution >= 0.6 is 0 Å². The molecule has 3 heteroatoms. The van der Waals surface area contributed by atoms with Crippen LogP contribution in [-0.2, 0) is 4.74 Å². The Kier molecular flexibility index (Phi) is 4.72.